The number of halogens is 1. The maximum atomic E-state index is 13.1. The number of carbonyl (C=O) groups is 2. The number of nitrogens with zero attached hydrogens (tertiary/aromatic N) is 1. The first-order chi connectivity index (χ1) is 14.9. The van der Waals surface area contributed by atoms with Gasteiger partial charge in [-0.2, -0.15) is 0 Å². The Kier molecular flexibility index (Phi) is 6.23. The summed E-state index contributed by atoms with van der Waals surface area (Å²) in [6.07, 6.45) is 1.57. The molecule has 1 fully saturated rings. The van der Waals surface area contributed by atoms with Gasteiger partial charge in [-0.1, -0.05) is 59.3 Å². The lowest BCUT2D eigenvalue weighted by molar-refractivity contribution is -0.122. The van der Waals surface area contributed by atoms with E-state index >= 15 is 0 Å². The van der Waals surface area contributed by atoms with Gasteiger partial charge in [-0.05, 0) is 73.2 Å². The molecule has 4 nitrogen and oxygen atoms in total. The Labute approximate surface area is 194 Å². The fraction of sp³-hybridized carbons (Fsp3) is 0.0417. The first kappa shape index (κ1) is 21.3. The molecule has 0 unspecified atom stereocenters. The van der Waals surface area contributed by atoms with E-state index in [1.807, 2.05) is 24.3 Å². The highest BCUT2D eigenvalue weighted by molar-refractivity contribution is 7.99. The predicted octanol–water partition coefficient (Wildman–Crippen LogP) is 5.63. The Balaban J connectivity index is 1.57. The van der Waals surface area contributed by atoms with Crippen LogP contribution in [0.15, 0.2) is 88.2 Å². The molecule has 31 heavy (non-hydrogen) atoms. The molecule has 1 aliphatic rings. The molecule has 3 aromatic carbocycles. The van der Waals surface area contributed by atoms with E-state index in [0.29, 0.717) is 10.7 Å². The van der Waals surface area contributed by atoms with E-state index in [2.05, 4.69) is 36.5 Å². The van der Waals surface area contributed by atoms with Crippen molar-refractivity contribution in [1.29, 1.82) is 0 Å². The standard InChI is InChI=1S/C24H17ClN2O2S2/c1-15-5-9-19(10-6-15)31-20-11-7-16(8-12-20)13-21-22(28)26-24(30)27(23(21)29)18-4-2-3-17(25)14-18/h2-14H,1H3,(H,26,28,30)/b21-13+. The second kappa shape index (κ2) is 9.06. The second-order valence-corrected chi connectivity index (χ2v) is 8.89. The van der Waals surface area contributed by atoms with Crippen LogP contribution in [0.4, 0.5) is 5.69 Å². The van der Waals surface area contributed by atoms with Crippen molar-refractivity contribution in [3.63, 3.8) is 0 Å². The Bertz CT molecular complexity index is 1210. The summed E-state index contributed by atoms with van der Waals surface area (Å²) in [4.78, 5) is 29.0. The summed E-state index contributed by atoms with van der Waals surface area (Å²) in [5.41, 5.74) is 2.46. The molecule has 0 bridgehead atoms. The van der Waals surface area contributed by atoms with Crippen molar-refractivity contribution in [3.8, 4) is 0 Å². The number of hydrogen-bond acceptors (Lipinski definition) is 4. The minimum absolute atomic E-state index is 0.00696. The van der Waals surface area contributed by atoms with Gasteiger partial charge in [-0.3, -0.25) is 19.8 Å². The number of nitrogens with one attached hydrogen (secondary N) is 1. The van der Waals surface area contributed by atoms with Gasteiger partial charge < -0.3 is 0 Å². The third-order valence-corrected chi connectivity index (χ3v) is 6.15. The summed E-state index contributed by atoms with van der Waals surface area (Å²) < 4.78 is 0. The first-order valence-corrected chi connectivity index (χ1v) is 11.0. The smallest absolute Gasteiger partial charge is 0.270 e. The average molecular weight is 465 g/mol. The molecule has 1 N–H and O–H groups in total. The van der Waals surface area contributed by atoms with Gasteiger partial charge in [0, 0.05) is 14.8 Å². The van der Waals surface area contributed by atoms with Crippen molar-refractivity contribution < 1.29 is 9.59 Å². The third-order valence-electron chi connectivity index (χ3n) is 4.62. The lowest BCUT2D eigenvalue weighted by Gasteiger charge is -2.29. The van der Waals surface area contributed by atoms with Crippen molar-refractivity contribution in [3.05, 3.63) is 94.5 Å². The molecule has 0 aromatic heterocycles. The number of thiocarbonyl (C=S) groups is 1. The summed E-state index contributed by atoms with van der Waals surface area (Å²) in [6, 6.07) is 22.7. The third kappa shape index (κ3) is 4.88. The van der Waals surface area contributed by atoms with Crippen LogP contribution in [0.3, 0.4) is 0 Å². The number of carbonyl (C=O) groups excluding carboxylic acids is 2. The molecular weight excluding hydrogens is 448 g/mol. The Morgan fingerprint density at radius 2 is 1.61 bits per heavy atom. The molecule has 0 radical (unpaired) electrons. The minimum atomic E-state index is -0.522. The fourth-order valence-electron chi connectivity index (χ4n) is 3.05. The molecule has 1 saturated heterocycles. The molecule has 0 aliphatic carbocycles. The SMILES string of the molecule is Cc1ccc(Sc2ccc(/C=C3\C(=O)NC(=S)N(c4cccc(Cl)c4)C3=O)cc2)cc1. The van der Waals surface area contributed by atoms with Crippen molar-refractivity contribution in [2.45, 2.75) is 16.7 Å². The summed E-state index contributed by atoms with van der Waals surface area (Å²) in [5.74, 6) is -1.01. The number of benzene rings is 3. The summed E-state index contributed by atoms with van der Waals surface area (Å²) in [6.45, 7) is 2.06. The average Bonchev–Trinajstić information content (AvgIpc) is 2.74. The Morgan fingerprint density at radius 1 is 0.968 bits per heavy atom. The zero-order chi connectivity index (χ0) is 22.0. The molecule has 7 heteroatoms. The van der Waals surface area contributed by atoms with Crippen LogP contribution < -0.4 is 10.2 Å². The van der Waals surface area contributed by atoms with Crippen LogP contribution in [0.1, 0.15) is 11.1 Å². The monoisotopic (exact) mass is 464 g/mol. The molecule has 0 saturated carbocycles. The van der Waals surface area contributed by atoms with E-state index in [0.717, 1.165) is 15.4 Å². The van der Waals surface area contributed by atoms with Crippen LogP contribution >= 0.6 is 35.6 Å². The number of amides is 2. The van der Waals surface area contributed by atoms with Gasteiger partial charge in [0.05, 0.1) is 5.69 Å². The lowest BCUT2D eigenvalue weighted by atomic mass is 10.1. The second-order valence-electron chi connectivity index (χ2n) is 6.92. The van der Waals surface area contributed by atoms with E-state index in [1.165, 1.54) is 10.5 Å². The van der Waals surface area contributed by atoms with Crippen LogP contribution in [0.25, 0.3) is 6.08 Å². The van der Waals surface area contributed by atoms with Crippen LogP contribution in [0.2, 0.25) is 5.02 Å². The summed E-state index contributed by atoms with van der Waals surface area (Å²) in [5, 5.41) is 3.08. The van der Waals surface area contributed by atoms with E-state index in [1.54, 1.807) is 42.1 Å². The highest BCUT2D eigenvalue weighted by Gasteiger charge is 2.34. The maximum Gasteiger partial charge on any atom is 0.270 e. The van der Waals surface area contributed by atoms with Crippen LogP contribution in [0.5, 0.6) is 0 Å². The fourth-order valence-corrected chi connectivity index (χ4v) is 4.33. The molecule has 0 spiro atoms. The molecular formula is C24H17ClN2O2S2. The molecule has 0 atom stereocenters. The molecule has 4 rings (SSSR count). The normalized spacial score (nSPS) is 15.4. The van der Waals surface area contributed by atoms with E-state index < -0.39 is 11.8 Å². The van der Waals surface area contributed by atoms with E-state index in [9.17, 15) is 9.59 Å². The van der Waals surface area contributed by atoms with Gasteiger partial charge in [0.2, 0.25) is 0 Å². The lowest BCUT2D eigenvalue weighted by Crippen LogP contribution is -2.54. The van der Waals surface area contributed by atoms with Crippen LogP contribution in [0, 0.1) is 6.92 Å². The van der Waals surface area contributed by atoms with Gasteiger partial charge in [0.15, 0.2) is 5.11 Å². The quantitative estimate of drug-likeness (QED) is 0.309. The number of aryl methyl sites for hydroxylation is 1. The van der Waals surface area contributed by atoms with Gasteiger partial charge in [0.1, 0.15) is 5.57 Å². The van der Waals surface area contributed by atoms with Gasteiger partial charge in [-0.25, -0.2) is 0 Å². The highest BCUT2D eigenvalue weighted by atomic mass is 35.5. The maximum absolute atomic E-state index is 13.1. The van der Waals surface area contributed by atoms with Gasteiger partial charge >= 0.3 is 0 Å². The van der Waals surface area contributed by atoms with Gasteiger partial charge in [0.25, 0.3) is 11.8 Å². The largest absolute Gasteiger partial charge is 0.298 e. The molecule has 2 amide bonds. The predicted molar refractivity (Wildman–Crippen MR) is 129 cm³/mol. The Hall–Kier alpha value is -2.93. The molecule has 3 aromatic rings. The van der Waals surface area contributed by atoms with E-state index in [-0.39, 0.29) is 10.7 Å². The molecule has 154 valence electrons. The summed E-state index contributed by atoms with van der Waals surface area (Å²) >= 11 is 12.9. The first-order valence-electron chi connectivity index (χ1n) is 9.42. The van der Waals surface area contributed by atoms with Gasteiger partial charge in [-0.15, -0.1) is 0 Å². The number of anilines is 1. The number of rotatable bonds is 4. The minimum Gasteiger partial charge on any atom is -0.298 e. The zero-order valence-electron chi connectivity index (χ0n) is 16.5. The van der Waals surface area contributed by atoms with Crippen molar-refractivity contribution >= 4 is 64.3 Å². The van der Waals surface area contributed by atoms with Crippen LogP contribution in [-0.4, -0.2) is 16.9 Å². The van der Waals surface area contributed by atoms with E-state index in [4.69, 9.17) is 23.8 Å². The summed E-state index contributed by atoms with van der Waals surface area (Å²) in [7, 11) is 0. The highest BCUT2D eigenvalue weighted by Crippen LogP contribution is 2.29. The van der Waals surface area contributed by atoms with Crippen molar-refractivity contribution in [1.82, 2.24) is 5.32 Å². The van der Waals surface area contributed by atoms with Crippen molar-refractivity contribution in [2.24, 2.45) is 0 Å². The van der Waals surface area contributed by atoms with Crippen LogP contribution in [-0.2, 0) is 9.59 Å². The molecule has 1 heterocycles. The van der Waals surface area contributed by atoms with Crippen molar-refractivity contribution in [2.75, 3.05) is 4.90 Å². The molecule has 1 aliphatic heterocycles. The Morgan fingerprint density at radius 3 is 2.26 bits per heavy atom. The topological polar surface area (TPSA) is 49.4 Å². The number of hydrogen-bond donors (Lipinski definition) is 1. The zero-order valence-corrected chi connectivity index (χ0v) is 18.9.